The lowest BCUT2D eigenvalue weighted by Gasteiger charge is -2.16. The van der Waals surface area contributed by atoms with Crippen LogP contribution in [0.1, 0.15) is 24.0 Å². The molecule has 3 heteroatoms. The van der Waals surface area contributed by atoms with E-state index in [0.717, 1.165) is 43.1 Å². The van der Waals surface area contributed by atoms with E-state index in [4.69, 9.17) is 22.1 Å². The molecule has 0 aliphatic carbocycles. The van der Waals surface area contributed by atoms with Crippen molar-refractivity contribution in [3.05, 3.63) is 34.3 Å². The first-order valence-corrected chi connectivity index (χ1v) is 6.61. The zero-order valence-corrected chi connectivity index (χ0v) is 11.0. The van der Waals surface area contributed by atoms with Crippen LogP contribution in [0.15, 0.2) is 18.2 Å². The molecule has 1 saturated heterocycles. The molecule has 0 bridgehead atoms. The van der Waals surface area contributed by atoms with Gasteiger partial charge < -0.3 is 10.5 Å². The van der Waals surface area contributed by atoms with E-state index >= 15 is 0 Å². The molecule has 1 aromatic rings. The molecule has 1 fully saturated rings. The summed E-state index contributed by atoms with van der Waals surface area (Å²) in [5.41, 5.74) is 8.53. The maximum absolute atomic E-state index is 6.21. The van der Waals surface area contributed by atoms with Gasteiger partial charge >= 0.3 is 0 Å². The van der Waals surface area contributed by atoms with Crippen molar-refractivity contribution in [2.45, 2.75) is 32.2 Å². The normalized spacial score (nSPS) is 21.7. The van der Waals surface area contributed by atoms with Crippen LogP contribution in [0.25, 0.3) is 0 Å². The molecule has 94 valence electrons. The van der Waals surface area contributed by atoms with E-state index in [1.54, 1.807) is 0 Å². The first-order valence-electron chi connectivity index (χ1n) is 6.23. The lowest BCUT2D eigenvalue weighted by molar-refractivity contribution is 0.182. The summed E-state index contributed by atoms with van der Waals surface area (Å²) in [7, 11) is 0. The Labute approximate surface area is 108 Å². The largest absolute Gasteiger partial charge is 0.381 e. The minimum atomic E-state index is 0.182. The Morgan fingerprint density at radius 3 is 3.00 bits per heavy atom. The van der Waals surface area contributed by atoms with Gasteiger partial charge in [-0.25, -0.2) is 0 Å². The molecular formula is C14H20ClNO. The number of rotatable bonds is 4. The van der Waals surface area contributed by atoms with Crippen molar-refractivity contribution >= 4 is 11.6 Å². The first-order chi connectivity index (χ1) is 8.15. The molecule has 1 heterocycles. The molecule has 0 aromatic heterocycles. The summed E-state index contributed by atoms with van der Waals surface area (Å²) < 4.78 is 5.37. The van der Waals surface area contributed by atoms with Gasteiger partial charge in [0.05, 0.1) is 0 Å². The van der Waals surface area contributed by atoms with Crippen molar-refractivity contribution in [2.24, 2.45) is 11.7 Å². The molecule has 2 N–H and O–H groups in total. The topological polar surface area (TPSA) is 35.2 Å². The van der Waals surface area contributed by atoms with Gasteiger partial charge in [0.25, 0.3) is 0 Å². The molecule has 2 nitrogen and oxygen atoms in total. The second-order valence-electron chi connectivity index (χ2n) is 5.02. The Morgan fingerprint density at radius 2 is 2.35 bits per heavy atom. The summed E-state index contributed by atoms with van der Waals surface area (Å²) in [4.78, 5) is 0. The molecule has 0 radical (unpaired) electrons. The van der Waals surface area contributed by atoms with E-state index in [1.165, 1.54) is 5.56 Å². The smallest absolute Gasteiger partial charge is 0.0495 e. The van der Waals surface area contributed by atoms with Gasteiger partial charge in [0, 0.05) is 24.3 Å². The SMILES string of the molecule is Cc1ccc(CC(N)CC2CCOC2)c(Cl)c1. The average Bonchev–Trinajstić information content (AvgIpc) is 2.75. The van der Waals surface area contributed by atoms with E-state index in [9.17, 15) is 0 Å². The quantitative estimate of drug-likeness (QED) is 0.896. The minimum absolute atomic E-state index is 0.182. The lowest BCUT2D eigenvalue weighted by Crippen LogP contribution is -2.26. The van der Waals surface area contributed by atoms with Gasteiger partial charge in [-0.3, -0.25) is 0 Å². The molecule has 0 amide bonds. The maximum Gasteiger partial charge on any atom is 0.0495 e. The third kappa shape index (κ3) is 3.70. The van der Waals surface area contributed by atoms with E-state index in [1.807, 2.05) is 13.0 Å². The van der Waals surface area contributed by atoms with Crippen LogP contribution >= 0.6 is 11.6 Å². The second kappa shape index (κ2) is 5.85. The zero-order chi connectivity index (χ0) is 12.3. The van der Waals surface area contributed by atoms with Crippen molar-refractivity contribution in [3.63, 3.8) is 0 Å². The second-order valence-corrected chi connectivity index (χ2v) is 5.43. The number of hydrogen-bond acceptors (Lipinski definition) is 2. The molecule has 1 aliphatic rings. The lowest BCUT2D eigenvalue weighted by atomic mass is 9.95. The van der Waals surface area contributed by atoms with E-state index in [2.05, 4.69) is 12.1 Å². The molecule has 0 spiro atoms. The number of nitrogens with two attached hydrogens (primary N) is 1. The molecule has 0 saturated carbocycles. The van der Waals surface area contributed by atoms with Crippen LogP contribution in [0.4, 0.5) is 0 Å². The Balaban J connectivity index is 1.90. The van der Waals surface area contributed by atoms with Gasteiger partial charge in [-0.2, -0.15) is 0 Å². The number of ether oxygens (including phenoxy) is 1. The van der Waals surface area contributed by atoms with Gasteiger partial charge in [0.15, 0.2) is 0 Å². The van der Waals surface area contributed by atoms with Crippen molar-refractivity contribution in [2.75, 3.05) is 13.2 Å². The first kappa shape index (κ1) is 12.9. The fourth-order valence-corrected chi connectivity index (χ4v) is 2.69. The standard InChI is InChI=1S/C14H20ClNO/c1-10-2-3-12(14(15)6-10)8-13(16)7-11-4-5-17-9-11/h2-3,6,11,13H,4-5,7-9,16H2,1H3. The predicted molar refractivity (Wildman–Crippen MR) is 71.4 cm³/mol. The zero-order valence-electron chi connectivity index (χ0n) is 10.3. The van der Waals surface area contributed by atoms with E-state index in [0.29, 0.717) is 5.92 Å². The van der Waals surface area contributed by atoms with Crippen LogP contribution in [0.2, 0.25) is 5.02 Å². The third-order valence-electron chi connectivity index (χ3n) is 3.35. The number of benzene rings is 1. The fraction of sp³-hybridized carbons (Fsp3) is 0.571. The molecule has 17 heavy (non-hydrogen) atoms. The Kier molecular flexibility index (Phi) is 4.43. The molecular weight excluding hydrogens is 234 g/mol. The summed E-state index contributed by atoms with van der Waals surface area (Å²) in [6, 6.07) is 6.36. The monoisotopic (exact) mass is 253 g/mol. The average molecular weight is 254 g/mol. The fourth-order valence-electron chi connectivity index (χ4n) is 2.38. The highest BCUT2D eigenvalue weighted by Crippen LogP contribution is 2.22. The summed E-state index contributed by atoms with van der Waals surface area (Å²) in [6.45, 7) is 3.81. The van der Waals surface area contributed by atoms with Crippen molar-refractivity contribution in [1.82, 2.24) is 0 Å². The molecule has 2 rings (SSSR count). The Bertz CT molecular complexity index is 374. The van der Waals surface area contributed by atoms with Crippen molar-refractivity contribution in [3.8, 4) is 0 Å². The Hall–Kier alpha value is -0.570. The van der Waals surface area contributed by atoms with Crippen molar-refractivity contribution < 1.29 is 4.74 Å². The van der Waals surface area contributed by atoms with Crippen LogP contribution in [0, 0.1) is 12.8 Å². The van der Waals surface area contributed by atoms with E-state index in [-0.39, 0.29) is 6.04 Å². The summed E-state index contributed by atoms with van der Waals surface area (Å²) in [6.07, 6.45) is 3.04. The van der Waals surface area contributed by atoms with Crippen LogP contribution in [0.5, 0.6) is 0 Å². The summed E-state index contributed by atoms with van der Waals surface area (Å²) >= 11 is 6.21. The van der Waals surface area contributed by atoms with Crippen LogP contribution in [-0.2, 0) is 11.2 Å². The highest BCUT2D eigenvalue weighted by Gasteiger charge is 2.19. The number of aryl methyl sites for hydroxylation is 1. The van der Waals surface area contributed by atoms with Gasteiger partial charge in [0.2, 0.25) is 0 Å². The van der Waals surface area contributed by atoms with Crippen molar-refractivity contribution in [1.29, 1.82) is 0 Å². The summed E-state index contributed by atoms with van der Waals surface area (Å²) in [5.74, 6) is 0.634. The molecule has 1 aromatic carbocycles. The highest BCUT2D eigenvalue weighted by molar-refractivity contribution is 6.31. The molecule has 2 unspecified atom stereocenters. The van der Waals surface area contributed by atoms with Crippen LogP contribution in [-0.4, -0.2) is 19.3 Å². The van der Waals surface area contributed by atoms with Crippen LogP contribution in [0.3, 0.4) is 0 Å². The Morgan fingerprint density at radius 1 is 1.53 bits per heavy atom. The third-order valence-corrected chi connectivity index (χ3v) is 3.70. The molecule has 2 atom stereocenters. The number of hydrogen-bond donors (Lipinski definition) is 1. The minimum Gasteiger partial charge on any atom is -0.381 e. The van der Waals surface area contributed by atoms with Gasteiger partial charge in [-0.1, -0.05) is 23.7 Å². The predicted octanol–water partition coefficient (Wildman–Crippen LogP) is 2.94. The van der Waals surface area contributed by atoms with Gasteiger partial charge in [-0.05, 0) is 49.3 Å². The van der Waals surface area contributed by atoms with E-state index < -0.39 is 0 Å². The van der Waals surface area contributed by atoms with Crippen LogP contribution < -0.4 is 5.73 Å². The van der Waals surface area contributed by atoms with Gasteiger partial charge in [0.1, 0.15) is 0 Å². The van der Waals surface area contributed by atoms with Gasteiger partial charge in [-0.15, -0.1) is 0 Å². The number of halogens is 1. The summed E-state index contributed by atoms with van der Waals surface area (Å²) in [5, 5.41) is 0.836. The maximum atomic E-state index is 6.21. The molecule has 1 aliphatic heterocycles. The highest BCUT2D eigenvalue weighted by atomic mass is 35.5.